The number of nitrogens with one attached hydrogen (secondary N) is 2. The second-order valence-corrected chi connectivity index (χ2v) is 10.2. The van der Waals surface area contributed by atoms with Crippen molar-refractivity contribution in [2.75, 3.05) is 30.9 Å². The number of carbonyl (C=O) groups is 3. The zero-order chi connectivity index (χ0) is 26.6. The predicted octanol–water partition coefficient (Wildman–Crippen LogP) is 2.62. The summed E-state index contributed by atoms with van der Waals surface area (Å²) in [6.07, 6.45) is 0.160. The average molecular weight is 523 g/mol. The highest BCUT2D eigenvalue weighted by molar-refractivity contribution is 7.90. The topological polar surface area (TPSA) is 125 Å². The molecule has 1 heterocycles. The third-order valence-electron chi connectivity index (χ3n) is 5.92. The summed E-state index contributed by atoms with van der Waals surface area (Å²) in [5, 5.41) is 5.11. The van der Waals surface area contributed by atoms with Crippen molar-refractivity contribution < 1.29 is 27.5 Å². The zero-order valence-electron chi connectivity index (χ0n) is 20.2. The number of urea groups is 1. The van der Waals surface area contributed by atoms with Crippen molar-refractivity contribution in [1.82, 2.24) is 9.62 Å². The Balaban J connectivity index is 1.55. The second kappa shape index (κ2) is 10.7. The number of hydrogen-bond donors (Lipinski definition) is 2. The number of amides is 4. The first-order valence-electron chi connectivity index (χ1n) is 11.4. The largest absolute Gasteiger partial charge is 0.497 e. The molecule has 0 aliphatic carbocycles. The minimum atomic E-state index is -4.25. The maximum Gasteiger partial charge on any atom is 0.336 e. The number of likely N-dealkylation sites (N-methyl/N-ethyl adjacent to an activating group) is 1. The molecule has 0 aromatic heterocycles. The minimum absolute atomic E-state index is 0.112. The number of methoxy groups -OCH3 is 1. The van der Waals surface area contributed by atoms with Crippen LogP contribution in [0.15, 0.2) is 83.8 Å². The van der Waals surface area contributed by atoms with Crippen molar-refractivity contribution >= 4 is 39.2 Å². The van der Waals surface area contributed by atoms with E-state index in [9.17, 15) is 22.8 Å². The lowest BCUT2D eigenvalue weighted by molar-refractivity contribution is -0.127. The van der Waals surface area contributed by atoms with Gasteiger partial charge in [-0.05, 0) is 42.0 Å². The van der Waals surface area contributed by atoms with Crippen LogP contribution >= 0.6 is 0 Å². The van der Waals surface area contributed by atoms with Gasteiger partial charge in [-0.1, -0.05) is 42.5 Å². The molecule has 0 saturated carbocycles. The van der Waals surface area contributed by atoms with E-state index in [4.69, 9.17) is 4.74 Å². The summed E-state index contributed by atoms with van der Waals surface area (Å²) in [6, 6.07) is 19.9. The molecule has 3 aromatic carbocycles. The molecule has 0 saturated heterocycles. The molecule has 1 atom stereocenters. The first kappa shape index (κ1) is 25.7. The Morgan fingerprint density at radius 2 is 1.65 bits per heavy atom. The van der Waals surface area contributed by atoms with Crippen molar-refractivity contribution in [2.45, 2.75) is 17.4 Å². The van der Waals surface area contributed by atoms with Gasteiger partial charge in [-0.3, -0.25) is 9.59 Å². The summed E-state index contributed by atoms with van der Waals surface area (Å²) in [6.45, 7) is -0.784. The fourth-order valence-electron chi connectivity index (χ4n) is 3.94. The Labute approximate surface area is 214 Å². The van der Waals surface area contributed by atoms with Crippen LogP contribution in [-0.2, 0) is 26.0 Å². The number of ether oxygens (including phenoxy) is 1. The molecule has 37 heavy (non-hydrogen) atoms. The molecular weight excluding hydrogens is 496 g/mol. The Morgan fingerprint density at radius 3 is 2.32 bits per heavy atom. The monoisotopic (exact) mass is 522 g/mol. The summed E-state index contributed by atoms with van der Waals surface area (Å²) in [7, 11) is -1.14. The zero-order valence-corrected chi connectivity index (χ0v) is 21.1. The molecule has 4 amide bonds. The van der Waals surface area contributed by atoms with Crippen LogP contribution in [-0.4, -0.2) is 57.3 Å². The molecule has 0 bridgehead atoms. The Morgan fingerprint density at radius 1 is 1.00 bits per heavy atom. The van der Waals surface area contributed by atoms with Gasteiger partial charge in [0, 0.05) is 19.2 Å². The van der Waals surface area contributed by atoms with E-state index in [1.807, 2.05) is 30.3 Å². The lowest BCUT2D eigenvalue weighted by atomic mass is 10.0. The molecule has 192 valence electrons. The van der Waals surface area contributed by atoms with E-state index in [2.05, 4.69) is 10.6 Å². The van der Waals surface area contributed by atoms with Gasteiger partial charge < -0.3 is 20.3 Å². The maximum atomic E-state index is 13.5. The van der Waals surface area contributed by atoms with Crippen LogP contribution in [0.2, 0.25) is 0 Å². The van der Waals surface area contributed by atoms with Crippen molar-refractivity contribution in [1.29, 1.82) is 0 Å². The molecule has 4 rings (SSSR count). The van der Waals surface area contributed by atoms with Crippen LogP contribution in [0.25, 0.3) is 0 Å². The number of para-hydroxylation sites is 1. The van der Waals surface area contributed by atoms with Crippen molar-refractivity contribution in [3.8, 4) is 5.75 Å². The van der Waals surface area contributed by atoms with Crippen LogP contribution in [0.5, 0.6) is 5.75 Å². The molecule has 10 nitrogen and oxygen atoms in total. The third kappa shape index (κ3) is 5.56. The standard InChI is InChI=1S/C26H26N4O6S/c1-29(19-12-14-20(36-2)15-13-19)25(32)22(16-18-8-4-3-5-9-18)27-24(31)17-30-26(33)28-21-10-6-7-11-23(21)37(30,34)35/h3-15,22H,16-17H2,1-2H3,(H,27,31)(H,28,33)/t22-/m0/s1. The summed E-state index contributed by atoms with van der Waals surface area (Å²) in [5.74, 6) is -0.587. The van der Waals surface area contributed by atoms with Gasteiger partial charge in [0.15, 0.2) is 0 Å². The van der Waals surface area contributed by atoms with E-state index >= 15 is 0 Å². The summed E-state index contributed by atoms with van der Waals surface area (Å²) in [5.41, 5.74) is 1.51. The fraction of sp³-hybridized carbons (Fsp3) is 0.192. The smallest absolute Gasteiger partial charge is 0.336 e. The molecule has 0 spiro atoms. The quantitative estimate of drug-likeness (QED) is 0.469. The number of sulfonamides is 1. The number of hydrogen-bond acceptors (Lipinski definition) is 6. The minimum Gasteiger partial charge on any atom is -0.497 e. The van der Waals surface area contributed by atoms with Gasteiger partial charge in [-0.2, -0.15) is 0 Å². The first-order valence-corrected chi connectivity index (χ1v) is 12.8. The van der Waals surface area contributed by atoms with E-state index in [1.165, 1.54) is 30.2 Å². The van der Waals surface area contributed by atoms with E-state index < -0.39 is 40.5 Å². The van der Waals surface area contributed by atoms with Crippen LogP contribution < -0.4 is 20.3 Å². The second-order valence-electron chi connectivity index (χ2n) is 8.34. The van der Waals surface area contributed by atoms with E-state index in [1.54, 1.807) is 37.4 Å². The van der Waals surface area contributed by atoms with Crippen molar-refractivity contribution in [2.24, 2.45) is 0 Å². The van der Waals surface area contributed by atoms with Gasteiger partial charge in [-0.25, -0.2) is 17.5 Å². The highest BCUT2D eigenvalue weighted by Crippen LogP contribution is 2.29. The van der Waals surface area contributed by atoms with Crippen molar-refractivity contribution in [3.05, 3.63) is 84.4 Å². The van der Waals surface area contributed by atoms with Crippen LogP contribution in [0.3, 0.4) is 0 Å². The van der Waals surface area contributed by atoms with E-state index in [-0.39, 0.29) is 17.0 Å². The van der Waals surface area contributed by atoms with Gasteiger partial charge in [0.25, 0.3) is 10.0 Å². The van der Waals surface area contributed by atoms with Crippen LogP contribution in [0.4, 0.5) is 16.2 Å². The lowest BCUT2D eigenvalue weighted by Crippen LogP contribution is -2.53. The Kier molecular flexibility index (Phi) is 7.44. The molecule has 0 fully saturated rings. The highest BCUT2D eigenvalue weighted by Gasteiger charge is 2.38. The van der Waals surface area contributed by atoms with Crippen molar-refractivity contribution in [3.63, 3.8) is 0 Å². The summed E-state index contributed by atoms with van der Waals surface area (Å²) in [4.78, 5) is 40.3. The molecule has 1 aliphatic rings. The van der Waals surface area contributed by atoms with Crippen LogP contribution in [0.1, 0.15) is 5.56 Å². The molecule has 1 aliphatic heterocycles. The number of anilines is 2. The predicted molar refractivity (Wildman–Crippen MR) is 138 cm³/mol. The number of carbonyl (C=O) groups excluding carboxylic acids is 3. The Hall–Kier alpha value is -4.38. The summed E-state index contributed by atoms with van der Waals surface area (Å²) >= 11 is 0. The number of benzene rings is 3. The molecule has 0 unspecified atom stereocenters. The molecule has 2 N–H and O–H groups in total. The van der Waals surface area contributed by atoms with Gasteiger partial charge in [0.05, 0.1) is 12.8 Å². The Bertz CT molecular complexity index is 1410. The first-order chi connectivity index (χ1) is 17.7. The summed E-state index contributed by atoms with van der Waals surface area (Å²) < 4.78 is 31.6. The molecule has 3 aromatic rings. The van der Waals surface area contributed by atoms with Gasteiger partial charge in [0.1, 0.15) is 23.2 Å². The van der Waals surface area contributed by atoms with Gasteiger partial charge >= 0.3 is 6.03 Å². The molecule has 11 heteroatoms. The SMILES string of the molecule is COc1ccc(N(C)C(=O)[C@H](Cc2ccccc2)NC(=O)CN2C(=O)Nc3ccccc3S2(=O)=O)cc1. The van der Waals surface area contributed by atoms with Gasteiger partial charge in [0.2, 0.25) is 11.8 Å². The fourth-order valence-corrected chi connectivity index (χ4v) is 5.38. The lowest BCUT2D eigenvalue weighted by Gasteiger charge is -2.29. The average Bonchev–Trinajstić information content (AvgIpc) is 2.90. The van der Waals surface area contributed by atoms with E-state index in [0.29, 0.717) is 15.7 Å². The highest BCUT2D eigenvalue weighted by atomic mass is 32.2. The number of rotatable bonds is 8. The molecule has 0 radical (unpaired) electrons. The normalized spacial score (nSPS) is 14.6. The maximum absolute atomic E-state index is 13.5. The number of fused-ring (bicyclic) bond motifs is 1. The van der Waals surface area contributed by atoms with Gasteiger partial charge in [-0.15, -0.1) is 0 Å². The van der Waals surface area contributed by atoms with Crippen LogP contribution in [0, 0.1) is 0 Å². The third-order valence-corrected chi connectivity index (χ3v) is 7.70. The number of nitrogens with zero attached hydrogens (tertiary/aromatic N) is 2. The molecular formula is C26H26N4O6S. The van der Waals surface area contributed by atoms with E-state index in [0.717, 1.165) is 5.56 Å².